The Hall–Kier alpha value is -4.93. The Labute approximate surface area is 263 Å². The molecule has 0 aliphatic heterocycles. The van der Waals surface area contributed by atoms with Gasteiger partial charge in [0.25, 0.3) is 0 Å². The summed E-state index contributed by atoms with van der Waals surface area (Å²) in [5, 5.41) is 11.8. The van der Waals surface area contributed by atoms with Gasteiger partial charge in [-0.05, 0) is 63.0 Å². The molecule has 9 nitrogen and oxygen atoms in total. The molecule has 5 aromatic rings. The smallest absolute Gasteiger partial charge is 0.338 e. The molecule has 1 aromatic heterocycles. The number of carbonyl (C=O) groups excluding carboxylic acids is 1. The lowest BCUT2D eigenvalue weighted by atomic mass is 10.00. The molecule has 0 bridgehead atoms. The first-order chi connectivity index (χ1) is 21.7. The van der Waals surface area contributed by atoms with E-state index in [0.717, 1.165) is 5.56 Å². The minimum Gasteiger partial charge on any atom is -0.494 e. The third kappa shape index (κ3) is 7.42. The van der Waals surface area contributed by atoms with Crippen LogP contribution in [0.25, 0.3) is 10.9 Å². The first-order valence-corrected chi connectivity index (χ1v) is 16.2. The minimum absolute atomic E-state index is 0.0906. The highest BCUT2D eigenvalue weighted by atomic mass is 32.2. The molecule has 45 heavy (non-hydrogen) atoms. The molecule has 0 amide bonds. The fraction of sp³-hybridized carbons (Fsp3) is 0.200. The molecule has 0 aliphatic carbocycles. The second-order valence-corrected chi connectivity index (χ2v) is 12.7. The summed E-state index contributed by atoms with van der Waals surface area (Å²) in [4.78, 5) is 22.2. The monoisotopic (exact) mass is 624 g/mol. The lowest BCUT2D eigenvalue weighted by molar-refractivity contribution is 0.0526. The van der Waals surface area contributed by atoms with Gasteiger partial charge in [-0.2, -0.15) is 0 Å². The van der Waals surface area contributed by atoms with Crippen molar-refractivity contribution in [1.82, 2.24) is 9.88 Å². The van der Waals surface area contributed by atoms with Gasteiger partial charge in [0.2, 0.25) is 10.0 Å². The fourth-order valence-electron chi connectivity index (χ4n) is 5.03. The van der Waals surface area contributed by atoms with Crippen LogP contribution in [0.4, 0.5) is 11.4 Å². The van der Waals surface area contributed by atoms with E-state index in [4.69, 9.17) is 9.73 Å². The van der Waals surface area contributed by atoms with E-state index >= 15 is 0 Å². The summed E-state index contributed by atoms with van der Waals surface area (Å²) in [7, 11) is 0.130. The summed E-state index contributed by atoms with van der Waals surface area (Å²) in [6.07, 6.45) is 0. The predicted molar refractivity (Wildman–Crippen MR) is 179 cm³/mol. The van der Waals surface area contributed by atoms with Crippen molar-refractivity contribution in [2.24, 2.45) is 4.99 Å². The van der Waals surface area contributed by atoms with E-state index in [1.807, 2.05) is 79.7 Å². The van der Waals surface area contributed by atoms with Crippen LogP contribution in [0.1, 0.15) is 34.0 Å². The quantitative estimate of drug-likeness (QED) is 0.128. The fourth-order valence-corrected chi connectivity index (χ4v) is 6.60. The number of aliphatic imine (C=N–C) groups is 1. The summed E-state index contributed by atoms with van der Waals surface area (Å²) >= 11 is 0. The molecule has 0 radical (unpaired) electrons. The summed E-state index contributed by atoms with van der Waals surface area (Å²) in [6, 6.07) is 30.7. The maximum absolute atomic E-state index is 13.6. The number of carbonyl (C=O) groups is 1. The van der Waals surface area contributed by atoms with Crippen molar-refractivity contribution < 1.29 is 23.1 Å². The van der Waals surface area contributed by atoms with Crippen LogP contribution >= 0.6 is 0 Å². The molecule has 0 spiro atoms. The van der Waals surface area contributed by atoms with E-state index in [1.54, 1.807) is 49.4 Å². The molecule has 10 heteroatoms. The minimum atomic E-state index is -3.68. The number of hydrogen-bond donors (Lipinski definition) is 2. The van der Waals surface area contributed by atoms with Gasteiger partial charge in [-0.15, -0.1) is 0 Å². The first kappa shape index (κ1) is 31.5. The first-order valence-electron chi connectivity index (χ1n) is 14.6. The zero-order valence-electron chi connectivity index (χ0n) is 25.5. The van der Waals surface area contributed by atoms with Crippen molar-refractivity contribution in [3.8, 4) is 5.88 Å². The maximum Gasteiger partial charge on any atom is 0.338 e. The van der Waals surface area contributed by atoms with Gasteiger partial charge in [0, 0.05) is 29.6 Å². The molecule has 5 rings (SSSR count). The van der Waals surface area contributed by atoms with E-state index in [1.165, 1.54) is 4.31 Å². The Kier molecular flexibility index (Phi) is 9.65. The van der Waals surface area contributed by atoms with E-state index in [0.29, 0.717) is 51.2 Å². The number of H-pyrrole nitrogens is 1. The highest BCUT2D eigenvalue weighted by Gasteiger charge is 2.24. The predicted octanol–water partition coefficient (Wildman–Crippen LogP) is 6.12. The average molecular weight is 625 g/mol. The van der Waals surface area contributed by atoms with Crippen LogP contribution in [0.15, 0.2) is 108 Å². The van der Waals surface area contributed by atoms with Crippen LogP contribution in [0.5, 0.6) is 5.88 Å². The van der Waals surface area contributed by atoms with Crippen LogP contribution < -0.4 is 4.31 Å². The highest BCUT2D eigenvalue weighted by Crippen LogP contribution is 2.33. The number of hydrogen-bond acceptors (Lipinski definition) is 7. The van der Waals surface area contributed by atoms with Crippen molar-refractivity contribution in [3.05, 3.63) is 125 Å². The molecule has 0 aliphatic rings. The van der Waals surface area contributed by atoms with Crippen molar-refractivity contribution in [2.45, 2.75) is 12.7 Å². The lowest BCUT2D eigenvalue weighted by Crippen LogP contribution is -2.37. The number of aromatic hydroxyl groups is 1. The number of aromatic nitrogens is 1. The average Bonchev–Trinajstić information content (AvgIpc) is 3.35. The number of nitrogens with zero attached hydrogens (tertiary/aromatic N) is 3. The van der Waals surface area contributed by atoms with Crippen molar-refractivity contribution in [2.75, 3.05) is 38.1 Å². The SMILES string of the molecule is CCOC(=O)c1ccc2c(C(=Nc3ccc(N(CCN(C)C)S(=O)(=O)Cc4ccccc4)cc3)c3ccccc3)c(O)[nH]c2c1. The van der Waals surface area contributed by atoms with Crippen LogP contribution in [-0.4, -0.2) is 68.9 Å². The third-order valence-corrected chi connectivity index (χ3v) is 8.99. The molecule has 0 fully saturated rings. The number of ether oxygens (including phenoxy) is 1. The largest absolute Gasteiger partial charge is 0.494 e. The zero-order chi connectivity index (χ0) is 32.0. The number of nitrogens with one attached hydrogen (secondary N) is 1. The molecule has 0 unspecified atom stereocenters. The molecule has 232 valence electrons. The lowest BCUT2D eigenvalue weighted by Gasteiger charge is -2.26. The van der Waals surface area contributed by atoms with E-state index in [-0.39, 0.29) is 24.8 Å². The van der Waals surface area contributed by atoms with Crippen molar-refractivity contribution in [1.29, 1.82) is 0 Å². The summed E-state index contributed by atoms with van der Waals surface area (Å²) < 4.78 is 33.8. The van der Waals surface area contributed by atoms with Crippen LogP contribution in [0.3, 0.4) is 0 Å². The normalized spacial score (nSPS) is 12.0. The molecule has 2 N–H and O–H groups in total. The number of benzene rings is 4. The number of anilines is 1. The highest BCUT2D eigenvalue weighted by molar-refractivity contribution is 7.92. The maximum atomic E-state index is 13.6. The summed E-state index contributed by atoms with van der Waals surface area (Å²) in [6.45, 7) is 2.84. The number of likely N-dealkylation sites (N-methyl/N-ethyl adjacent to an activating group) is 1. The third-order valence-electron chi connectivity index (χ3n) is 7.23. The Morgan fingerprint density at radius 3 is 2.18 bits per heavy atom. The Morgan fingerprint density at radius 2 is 1.53 bits per heavy atom. The molecule has 4 aromatic carbocycles. The van der Waals surface area contributed by atoms with Crippen LogP contribution in [-0.2, 0) is 20.5 Å². The van der Waals surface area contributed by atoms with Crippen LogP contribution in [0, 0.1) is 0 Å². The van der Waals surface area contributed by atoms with Gasteiger partial charge in [-0.25, -0.2) is 18.2 Å². The molecule has 1 heterocycles. The standard InChI is InChI=1S/C35H36N4O5S/c1-4-44-35(41)27-15-20-30-31(23-27)37-34(40)32(30)33(26-13-9-6-10-14-26)36-28-16-18-29(19-17-28)39(22-21-38(2)3)45(42,43)24-25-11-7-5-8-12-25/h5-20,23,37,40H,4,21-22,24H2,1-3H3. The van der Waals surface area contributed by atoms with E-state index in [2.05, 4.69) is 4.98 Å². The Bertz CT molecular complexity index is 1900. The molecule has 0 saturated carbocycles. The number of aromatic amines is 1. The topological polar surface area (TPSA) is 115 Å². The Morgan fingerprint density at radius 1 is 0.867 bits per heavy atom. The van der Waals surface area contributed by atoms with Crippen LogP contribution in [0.2, 0.25) is 0 Å². The van der Waals surface area contributed by atoms with Gasteiger partial charge in [-0.3, -0.25) is 4.31 Å². The summed E-state index contributed by atoms with van der Waals surface area (Å²) in [5.74, 6) is -0.651. The molecule has 0 atom stereocenters. The van der Waals surface area contributed by atoms with Gasteiger partial charge in [0.1, 0.15) is 0 Å². The molecule has 0 saturated heterocycles. The van der Waals surface area contributed by atoms with Gasteiger partial charge in [-0.1, -0.05) is 66.7 Å². The van der Waals surface area contributed by atoms with Gasteiger partial charge in [0.15, 0.2) is 5.88 Å². The van der Waals surface area contributed by atoms with Gasteiger partial charge >= 0.3 is 5.97 Å². The van der Waals surface area contributed by atoms with Gasteiger partial charge < -0.3 is 19.7 Å². The number of rotatable bonds is 12. The number of esters is 1. The Balaban J connectivity index is 1.54. The van der Waals surface area contributed by atoms with E-state index < -0.39 is 16.0 Å². The van der Waals surface area contributed by atoms with Crippen molar-refractivity contribution >= 4 is 44.0 Å². The van der Waals surface area contributed by atoms with Gasteiger partial charge in [0.05, 0.1) is 40.6 Å². The number of sulfonamides is 1. The zero-order valence-corrected chi connectivity index (χ0v) is 26.3. The second kappa shape index (κ2) is 13.8. The molecular formula is C35H36N4O5S. The molecular weight excluding hydrogens is 588 g/mol. The second-order valence-electron chi connectivity index (χ2n) is 10.8. The van der Waals surface area contributed by atoms with Crippen molar-refractivity contribution in [3.63, 3.8) is 0 Å². The van der Waals surface area contributed by atoms with E-state index in [9.17, 15) is 18.3 Å². The number of fused-ring (bicyclic) bond motifs is 1. The summed E-state index contributed by atoms with van der Waals surface area (Å²) in [5.41, 5.74) is 4.52.